The molecule has 0 fully saturated rings. The SMILES string of the molecule is CNC(=O)C[C@@H]1Sc2ccccc2NC1=O. The Kier molecular flexibility index (Phi) is 3.14. The van der Waals surface area contributed by atoms with Crippen molar-refractivity contribution in [3.63, 3.8) is 0 Å². The van der Waals surface area contributed by atoms with Gasteiger partial charge in [-0.2, -0.15) is 0 Å². The highest BCUT2D eigenvalue weighted by Crippen LogP contribution is 2.36. The maximum absolute atomic E-state index is 11.7. The molecule has 0 bridgehead atoms. The maximum atomic E-state index is 11.7. The van der Waals surface area contributed by atoms with Crippen LogP contribution in [0.4, 0.5) is 5.69 Å². The zero-order valence-electron chi connectivity index (χ0n) is 8.82. The van der Waals surface area contributed by atoms with Crippen molar-refractivity contribution in [2.75, 3.05) is 12.4 Å². The van der Waals surface area contributed by atoms with Crippen molar-refractivity contribution in [1.29, 1.82) is 0 Å². The summed E-state index contributed by atoms with van der Waals surface area (Å²) < 4.78 is 0. The van der Waals surface area contributed by atoms with E-state index >= 15 is 0 Å². The lowest BCUT2D eigenvalue weighted by atomic mass is 10.2. The molecule has 84 valence electrons. The molecule has 5 heteroatoms. The Bertz CT molecular complexity index is 434. The van der Waals surface area contributed by atoms with Crippen LogP contribution in [-0.4, -0.2) is 24.1 Å². The van der Waals surface area contributed by atoms with E-state index < -0.39 is 0 Å². The van der Waals surface area contributed by atoms with Crippen LogP contribution in [0.3, 0.4) is 0 Å². The molecular weight excluding hydrogens is 224 g/mol. The van der Waals surface area contributed by atoms with Crippen molar-refractivity contribution in [1.82, 2.24) is 5.32 Å². The van der Waals surface area contributed by atoms with Gasteiger partial charge in [-0.05, 0) is 12.1 Å². The van der Waals surface area contributed by atoms with Crippen LogP contribution in [0.15, 0.2) is 29.2 Å². The Morgan fingerprint density at radius 2 is 2.25 bits per heavy atom. The predicted octanol–water partition coefficient (Wildman–Crippen LogP) is 1.24. The molecule has 2 rings (SSSR count). The van der Waals surface area contributed by atoms with E-state index in [0.29, 0.717) is 0 Å². The zero-order chi connectivity index (χ0) is 11.5. The quantitative estimate of drug-likeness (QED) is 0.812. The monoisotopic (exact) mass is 236 g/mol. The topological polar surface area (TPSA) is 58.2 Å². The van der Waals surface area contributed by atoms with E-state index in [4.69, 9.17) is 0 Å². The lowest BCUT2D eigenvalue weighted by molar-refractivity contribution is -0.123. The largest absolute Gasteiger partial charge is 0.359 e. The van der Waals surface area contributed by atoms with Crippen molar-refractivity contribution >= 4 is 29.3 Å². The number of benzene rings is 1. The number of thioether (sulfide) groups is 1. The molecule has 2 amide bonds. The summed E-state index contributed by atoms with van der Waals surface area (Å²) in [7, 11) is 1.57. The normalized spacial score (nSPS) is 18.6. The van der Waals surface area contributed by atoms with Gasteiger partial charge < -0.3 is 10.6 Å². The highest BCUT2D eigenvalue weighted by molar-refractivity contribution is 8.01. The second kappa shape index (κ2) is 4.57. The van der Waals surface area contributed by atoms with Crippen LogP contribution in [0.1, 0.15) is 6.42 Å². The minimum Gasteiger partial charge on any atom is -0.359 e. The van der Waals surface area contributed by atoms with Crippen molar-refractivity contribution in [2.24, 2.45) is 0 Å². The summed E-state index contributed by atoms with van der Waals surface area (Å²) in [6, 6.07) is 7.59. The molecule has 0 saturated carbocycles. The summed E-state index contributed by atoms with van der Waals surface area (Å²) in [4.78, 5) is 23.9. The maximum Gasteiger partial charge on any atom is 0.238 e. The van der Waals surface area contributed by atoms with Gasteiger partial charge in [0.05, 0.1) is 10.9 Å². The van der Waals surface area contributed by atoms with Gasteiger partial charge in [-0.15, -0.1) is 11.8 Å². The Morgan fingerprint density at radius 3 is 3.00 bits per heavy atom. The van der Waals surface area contributed by atoms with Crippen LogP contribution >= 0.6 is 11.8 Å². The highest BCUT2D eigenvalue weighted by Gasteiger charge is 2.28. The van der Waals surface area contributed by atoms with Gasteiger partial charge in [0, 0.05) is 18.4 Å². The highest BCUT2D eigenvalue weighted by atomic mass is 32.2. The molecule has 1 aliphatic rings. The Hall–Kier alpha value is -1.49. The first-order valence-electron chi connectivity index (χ1n) is 4.98. The van der Waals surface area contributed by atoms with Crippen LogP contribution in [0.2, 0.25) is 0 Å². The third-order valence-electron chi connectivity index (χ3n) is 2.36. The van der Waals surface area contributed by atoms with Crippen molar-refractivity contribution < 1.29 is 9.59 Å². The molecule has 1 atom stereocenters. The van der Waals surface area contributed by atoms with E-state index in [9.17, 15) is 9.59 Å². The van der Waals surface area contributed by atoms with Crippen LogP contribution < -0.4 is 10.6 Å². The second-order valence-corrected chi connectivity index (χ2v) is 4.71. The minimum atomic E-state index is -0.338. The lowest BCUT2D eigenvalue weighted by Gasteiger charge is -2.23. The summed E-state index contributed by atoms with van der Waals surface area (Å²) in [5, 5.41) is 4.99. The Labute approximate surface area is 97.8 Å². The van der Waals surface area contributed by atoms with Gasteiger partial charge in [0.2, 0.25) is 11.8 Å². The molecule has 0 radical (unpaired) electrons. The van der Waals surface area contributed by atoms with Gasteiger partial charge in [0.1, 0.15) is 0 Å². The fourth-order valence-electron chi connectivity index (χ4n) is 1.50. The molecular formula is C11H12N2O2S. The van der Waals surface area contributed by atoms with Gasteiger partial charge in [-0.3, -0.25) is 9.59 Å². The fourth-order valence-corrected chi connectivity index (χ4v) is 2.61. The molecule has 1 aromatic rings. The molecule has 4 nitrogen and oxygen atoms in total. The average molecular weight is 236 g/mol. The third kappa shape index (κ3) is 2.19. The van der Waals surface area contributed by atoms with E-state index in [1.54, 1.807) is 7.05 Å². The number of amides is 2. The molecule has 0 spiro atoms. The van der Waals surface area contributed by atoms with Gasteiger partial charge in [-0.25, -0.2) is 0 Å². The molecule has 2 N–H and O–H groups in total. The first-order valence-corrected chi connectivity index (χ1v) is 5.86. The summed E-state index contributed by atoms with van der Waals surface area (Å²) in [5.41, 5.74) is 0.825. The summed E-state index contributed by atoms with van der Waals surface area (Å²) >= 11 is 1.44. The number of para-hydroxylation sites is 1. The number of nitrogens with one attached hydrogen (secondary N) is 2. The number of carbonyl (C=O) groups excluding carboxylic acids is 2. The standard InChI is InChI=1S/C11H12N2O2S/c1-12-10(14)6-9-11(15)13-7-4-2-3-5-8(7)16-9/h2-5,9H,6H2,1H3,(H,12,14)(H,13,15)/t9-/m0/s1. The third-order valence-corrected chi connectivity index (χ3v) is 3.63. The molecule has 0 saturated heterocycles. The van der Waals surface area contributed by atoms with Crippen LogP contribution in [0.25, 0.3) is 0 Å². The first-order chi connectivity index (χ1) is 7.70. The minimum absolute atomic E-state index is 0.104. The van der Waals surface area contributed by atoms with E-state index in [1.165, 1.54) is 11.8 Å². The first kappa shape index (κ1) is 11.0. The zero-order valence-corrected chi connectivity index (χ0v) is 9.64. The van der Waals surface area contributed by atoms with Crippen LogP contribution in [-0.2, 0) is 9.59 Å². The van der Waals surface area contributed by atoms with E-state index in [-0.39, 0.29) is 23.5 Å². The molecule has 1 heterocycles. The van der Waals surface area contributed by atoms with Gasteiger partial charge in [0.15, 0.2) is 0 Å². The van der Waals surface area contributed by atoms with Crippen LogP contribution in [0, 0.1) is 0 Å². The molecule has 16 heavy (non-hydrogen) atoms. The number of anilines is 1. The summed E-state index contributed by atoms with van der Waals surface area (Å²) in [6.45, 7) is 0. The number of fused-ring (bicyclic) bond motifs is 1. The summed E-state index contributed by atoms with van der Waals surface area (Å²) in [5.74, 6) is -0.223. The van der Waals surface area contributed by atoms with E-state index in [1.807, 2.05) is 24.3 Å². The molecule has 0 unspecified atom stereocenters. The average Bonchev–Trinajstić information content (AvgIpc) is 2.30. The number of carbonyl (C=O) groups is 2. The predicted molar refractivity (Wildman–Crippen MR) is 63.4 cm³/mol. The van der Waals surface area contributed by atoms with Crippen molar-refractivity contribution in [2.45, 2.75) is 16.6 Å². The lowest BCUT2D eigenvalue weighted by Crippen LogP contribution is -2.33. The molecule has 0 aromatic heterocycles. The molecule has 1 aromatic carbocycles. The van der Waals surface area contributed by atoms with Gasteiger partial charge >= 0.3 is 0 Å². The fraction of sp³-hybridized carbons (Fsp3) is 0.273. The Balaban J connectivity index is 2.15. The molecule has 1 aliphatic heterocycles. The van der Waals surface area contributed by atoms with Crippen molar-refractivity contribution in [3.8, 4) is 0 Å². The summed E-state index contributed by atoms with van der Waals surface area (Å²) in [6.07, 6.45) is 0.210. The number of rotatable bonds is 2. The second-order valence-electron chi connectivity index (χ2n) is 3.47. The molecule has 0 aliphatic carbocycles. The number of hydrogen-bond donors (Lipinski definition) is 2. The van der Waals surface area contributed by atoms with E-state index in [0.717, 1.165) is 10.6 Å². The van der Waals surface area contributed by atoms with Gasteiger partial charge in [-0.1, -0.05) is 12.1 Å². The smallest absolute Gasteiger partial charge is 0.238 e. The van der Waals surface area contributed by atoms with Crippen LogP contribution in [0.5, 0.6) is 0 Å². The van der Waals surface area contributed by atoms with E-state index in [2.05, 4.69) is 10.6 Å². The van der Waals surface area contributed by atoms with Gasteiger partial charge in [0.25, 0.3) is 0 Å². The Morgan fingerprint density at radius 1 is 1.50 bits per heavy atom. The number of hydrogen-bond acceptors (Lipinski definition) is 3. The van der Waals surface area contributed by atoms with Crippen molar-refractivity contribution in [3.05, 3.63) is 24.3 Å².